The summed E-state index contributed by atoms with van der Waals surface area (Å²) in [7, 11) is -1.55. The molecule has 4 rings (SSSR count). The number of hydrogen-bond donors (Lipinski definition) is 2. The fourth-order valence-corrected chi connectivity index (χ4v) is 4.51. The number of hydrogen-bond acceptors (Lipinski definition) is 7. The Balaban J connectivity index is 1.33. The molecule has 33 heavy (non-hydrogen) atoms. The van der Waals surface area contributed by atoms with E-state index in [-0.39, 0.29) is 17.3 Å². The Bertz CT molecular complexity index is 1180. The number of likely N-dealkylation sites (N-methyl/N-ethyl adjacent to an activating group) is 1. The van der Waals surface area contributed by atoms with Crippen molar-refractivity contribution in [2.45, 2.75) is 11.4 Å². The number of carbonyl (C=O) groups is 1. The number of amides is 1. The summed E-state index contributed by atoms with van der Waals surface area (Å²) < 4.78 is 28.0. The topological polar surface area (TPSA) is 108 Å². The van der Waals surface area contributed by atoms with E-state index < -0.39 is 10.0 Å². The molecule has 1 aliphatic heterocycles. The van der Waals surface area contributed by atoms with E-state index in [4.69, 9.17) is 0 Å². The molecule has 1 saturated heterocycles. The second kappa shape index (κ2) is 10.1. The van der Waals surface area contributed by atoms with Gasteiger partial charge in [0, 0.05) is 56.4 Å². The van der Waals surface area contributed by atoms with Gasteiger partial charge in [-0.3, -0.25) is 9.78 Å². The number of benzene rings is 2. The van der Waals surface area contributed by atoms with Crippen LogP contribution in [0, 0.1) is 0 Å². The van der Waals surface area contributed by atoms with E-state index in [9.17, 15) is 13.2 Å². The Morgan fingerprint density at radius 2 is 1.67 bits per heavy atom. The third kappa shape index (κ3) is 5.92. The number of carbonyl (C=O) groups excluding carboxylic acids is 1. The van der Waals surface area contributed by atoms with Crippen molar-refractivity contribution < 1.29 is 13.2 Å². The van der Waals surface area contributed by atoms with Crippen LogP contribution in [0.5, 0.6) is 0 Å². The lowest BCUT2D eigenvalue weighted by molar-refractivity contribution is 0.102. The number of nitrogens with zero attached hydrogens (tertiary/aromatic N) is 4. The number of sulfonamides is 1. The standard InChI is InChI=1S/C23H26N6O3S/c1-28-12-14-29(15-13-28)20-6-8-21(9-7-20)33(31,32)26-16-18-2-4-19(5-3-18)23(30)27-22-17-24-10-11-25-22/h2-11,17,26H,12-16H2,1H3,(H,25,27,30). The highest BCUT2D eigenvalue weighted by molar-refractivity contribution is 7.89. The Morgan fingerprint density at radius 1 is 0.970 bits per heavy atom. The molecule has 1 aromatic heterocycles. The molecule has 0 bridgehead atoms. The maximum Gasteiger partial charge on any atom is 0.256 e. The minimum absolute atomic E-state index is 0.120. The lowest BCUT2D eigenvalue weighted by Crippen LogP contribution is -2.44. The molecule has 1 aliphatic rings. The van der Waals surface area contributed by atoms with Crippen molar-refractivity contribution in [2.75, 3.05) is 43.4 Å². The quantitative estimate of drug-likeness (QED) is 0.548. The van der Waals surface area contributed by atoms with Crippen molar-refractivity contribution in [3.05, 3.63) is 78.2 Å². The Kier molecular flexibility index (Phi) is 6.97. The van der Waals surface area contributed by atoms with Gasteiger partial charge in [0.25, 0.3) is 5.91 Å². The number of piperazine rings is 1. The van der Waals surface area contributed by atoms with Crippen molar-refractivity contribution in [1.29, 1.82) is 0 Å². The largest absolute Gasteiger partial charge is 0.369 e. The van der Waals surface area contributed by atoms with Gasteiger partial charge in [0.1, 0.15) is 0 Å². The van der Waals surface area contributed by atoms with Gasteiger partial charge in [-0.2, -0.15) is 0 Å². The summed E-state index contributed by atoms with van der Waals surface area (Å²) in [6, 6.07) is 13.7. The molecule has 1 amide bonds. The zero-order valence-corrected chi connectivity index (χ0v) is 19.1. The zero-order chi connectivity index (χ0) is 23.3. The summed E-state index contributed by atoms with van der Waals surface area (Å²) in [6.07, 6.45) is 4.47. The average molecular weight is 467 g/mol. The van der Waals surface area contributed by atoms with Crippen LogP contribution >= 0.6 is 0 Å². The summed E-state index contributed by atoms with van der Waals surface area (Å²) in [5.41, 5.74) is 2.20. The molecule has 0 radical (unpaired) electrons. The first-order valence-electron chi connectivity index (χ1n) is 10.6. The maximum absolute atomic E-state index is 12.7. The van der Waals surface area contributed by atoms with Crippen molar-refractivity contribution in [3.8, 4) is 0 Å². The van der Waals surface area contributed by atoms with E-state index in [2.05, 4.69) is 36.9 Å². The summed E-state index contributed by atoms with van der Waals surface area (Å²) in [5, 5.41) is 2.66. The smallest absolute Gasteiger partial charge is 0.256 e. The number of rotatable bonds is 7. The molecular formula is C23H26N6O3S. The molecule has 0 atom stereocenters. The number of nitrogens with one attached hydrogen (secondary N) is 2. The van der Waals surface area contributed by atoms with Gasteiger partial charge in [0.2, 0.25) is 10.0 Å². The highest BCUT2D eigenvalue weighted by Crippen LogP contribution is 2.19. The Morgan fingerprint density at radius 3 is 2.30 bits per heavy atom. The number of aromatic nitrogens is 2. The van der Waals surface area contributed by atoms with E-state index in [0.29, 0.717) is 11.4 Å². The van der Waals surface area contributed by atoms with Crippen LogP contribution in [0.25, 0.3) is 0 Å². The van der Waals surface area contributed by atoms with Crippen LogP contribution in [0.1, 0.15) is 15.9 Å². The van der Waals surface area contributed by atoms with Gasteiger partial charge in [-0.25, -0.2) is 18.1 Å². The molecule has 172 valence electrons. The first kappa shape index (κ1) is 22.8. The zero-order valence-electron chi connectivity index (χ0n) is 18.3. The Hall–Kier alpha value is -3.34. The predicted octanol–water partition coefficient (Wildman–Crippen LogP) is 1.96. The van der Waals surface area contributed by atoms with E-state index in [1.807, 2.05) is 12.1 Å². The van der Waals surface area contributed by atoms with Gasteiger partial charge in [0.05, 0.1) is 11.1 Å². The van der Waals surface area contributed by atoms with E-state index in [1.54, 1.807) is 36.4 Å². The summed E-state index contributed by atoms with van der Waals surface area (Å²) in [4.78, 5) is 25.0. The molecule has 0 spiro atoms. The van der Waals surface area contributed by atoms with Crippen molar-refractivity contribution in [2.24, 2.45) is 0 Å². The van der Waals surface area contributed by atoms with Gasteiger partial charge in [-0.05, 0) is 49.0 Å². The van der Waals surface area contributed by atoms with Gasteiger partial charge in [-0.1, -0.05) is 12.1 Å². The van der Waals surface area contributed by atoms with Gasteiger partial charge < -0.3 is 15.1 Å². The third-order valence-electron chi connectivity index (χ3n) is 5.50. The lowest BCUT2D eigenvalue weighted by atomic mass is 10.1. The molecule has 9 nitrogen and oxygen atoms in total. The molecule has 2 aromatic carbocycles. The molecule has 10 heteroatoms. The average Bonchev–Trinajstić information content (AvgIpc) is 2.84. The molecular weight excluding hydrogens is 440 g/mol. The summed E-state index contributed by atoms with van der Waals surface area (Å²) in [5.74, 6) is 0.0426. The van der Waals surface area contributed by atoms with Crippen LogP contribution in [0.3, 0.4) is 0 Å². The van der Waals surface area contributed by atoms with Crippen molar-refractivity contribution in [3.63, 3.8) is 0 Å². The van der Waals surface area contributed by atoms with Gasteiger partial charge >= 0.3 is 0 Å². The van der Waals surface area contributed by atoms with Gasteiger partial charge in [0.15, 0.2) is 5.82 Å². The number of anilines is 2. The van der Waals surface area contributed by atoms with Crippen LogP contribution in [-0.4, -0.2) is 62.4 Å². The van der Waals surface area contributed by atoms with Crippen LogP contribution in [0.2, 0.25) is 0 Å². The molecule has 2 N–H and O–H groups in total. The molecule has 3 aromatic rings. The first-order valence-corrected chi connectivity index (χ1v) is 12.1. The van der Waals surface area contributed by atoms with Crippen LogP contribution in [0.4, 0.5) is 11.5 Å². The molecule has 1 fully saturated rings. The second-order valence-electron chi connectivity index (χ2n) is 7.85. The van der Waals surface area contributed by atoms with Gasteiger partial charge in [-0.15, -0.1) is 0 Å². The third-order valence-corrected chi connectivity index (χ3v) is 6.92. The fourth-order valence-electron chi connectivity index (χ4n) is 3.49. The minimum Gasteiger partial charge on any atom is -0.369 e. The normalized spacial score (nSPS) is 14.8. The predicted molar refractivity (Wildman–Crippen MR) is 127 cm³/mol. The Labute approximate surface area is 193 Å². The summed E-state index contributed by atoms with van der Waals surface area (Å²) in [6.45, 7) is 3.95. The highest BCUT2D eigenvalue weighted by Gasteiger charge is 2.17. The first-order chi connectivity index (χ1) is 15.9. The molecule has 0 saturated carbocycles. The molecule has 2 heterocycles. The highest BCUT2D eigenvalue weighted by atomic mass is 32.2. The SMILES string of the molecule is CN1CCN(c2ccc(S(=O)(=O)NCc3ccc(C(=O)Nc4cnccn4)cc3)cc2)CC1. The maximum atomic E-state index is 12.7. The van der Waals surface area contributed by atoms with E-state index in [0.717, 1.165) is 37.4 Å². The molecule has 0 aliphatic carbocycles. The summed E-state index contributed by atoms with van der Waals surface area (Å²) >= 11 is 0. The monoisotopic (exact) mass is 466 g/mol. The van der Waals surface area contributed by atoms with Crippen LogP contribution in [-0.2, 0) is 16.6 Å². The van der Waals surface area contributed by atoms with Crippen molar-refractivity contribution >= 4 is 27.4 Å². The minimum atomic E-state index is -3.65. The fraction of sp³-hybridized carbons (Fsp3) is 0.261. The van der Waals surface area contributed by atoms with E-state index >= 15 is 0 Å². The van der Waals surface area contributed by atoms with Crippen LogP contribution < -0.4 is 14.9 Å². The lowest BCUT2D eigenvalue weighted by Gasteiger charge is -2.34. The molecule has 0 unspecified atom stereocenters. The van der Waals surface area contributed by atoms with Crippen molar-refractivity contribution in [1.82, 2.24) is 19.6 Å². The van der Waals surface area contributed by atoms with E-state index in [1.165, 1.54) is 18.6 Å². The van der Waals surface area contributed by atoms with Crippen LogP contribution in [0.15, 0.2) is 72.0 Å². The second-order valence-corrected chi connectivity index (χ2v) is 9.62.